The van der Waals surface area contributed by atoms with Crippen molar-refractivity contribution in [3.8, 4) is 0 Å². The van der Waals surface area contributed by atoms with Crippen molar-refractivity contribution in [3.63, 3.8) is 0 Å². The average molecular weight is 315 g/mol. The van der Waals surface area contributed by atoms with Crippen LogP contribution >= 0.6 is 0 Å². The van der Waals surface area contributed by atoms with Crippen LogP contribution < -0.4 is 10.0 Å². The molecular formula is C12H17N3O5S. The number of nitro benzene ring substituents is 1. The molecule has 1 aromatic rings. The van der Waals surface area contributed by atoms with Gasteiger partial charge in [-0.15, -0.1) is 0 Å². The molecule has 0 aliphatic carbocycles. The van der Waals surface area contributed by atoms with Crippen LogP contribution in [-0.2, 0) is 14.8 Å². The third-order valence-electron chi connectivity index (χ3n) is 3.43. The van der Waals surface area contributed by atoms with Crippen molar-refractivity contribution in [3.05, 3.63) is 28.3 Å². The molecule has 2 atom stereocenters. The Morgan fingerprint density at radius 1 is 1.43 bits per heavy atom. The normalized spacial score (nSPS) is 22.2. The van der Waals surface area contributed by atoms with Crippen molar-refractivity contribution in [2.45, 2.75) is 30.4 Å². The fourth-order valence-corrected chi connectivity index (χ4v) is 3.55. The fourth-order valence-electron chi connectivity index (χ4n) is 2.19. The van der Waals surface area contributed by atoms with Gasteiger partial charge < -0.3 is 10.1 Å². The predicted octanol–water partition coefficient (Wildman–Crippen LogP) is 1.09. The first-order chi connectivity index (χ1) is 9.85. The van der Waals surface area contributed by atoms with Gasteiger partial charge in [0, 0.05) is 19.7 Å². The summed E-state index contributed by atoms with van der Waals surface area (Å²) in [4.78, 5) is 10.2. The number of sulfonamides is 1. The Labute approximate surface area is 122 Å². The molecule has 21 heavy (non-hydrogen) atoms. The average Bonchev–Trinajstić information content (AvgIpc) is 2.82. The maximum absolute atomic E-state index is 12.3. The van der Waals surface area contributed by atoms with E-state index in [9.17, 15) is 18.5 Å². The van der Waals surface area contributed by atoms with Crippen LogP contribution in [0.1, 0.15) is 13.3 Å². The van der Waals surface area contributed by atoms with E-state index < -0.39 is 14.9 Å². The van der Waals surface area contributed by atoms with Gasteiger partial charge in [0.05, 0.1) is 22.0 Å². The number of hydrogen-bond acceptors (Lipinski definition) is 6. The molecule has 0 aromatic heterocycles. The molecule has 1 aromatic carbocycles. The summed E-state index contributed by atoms with van der Waals surface area (Å²) in [5.74, 6) is 0. The summed E-state index contributed by atoms with van der Waals surface area (Å²) in [6, 6.07) is 3.44. The fraction of sp³-hybridized carbons (Fsp3) is 0.500. The van der Waals surface area contributed by atoms with Gasteiger partial charge in [-0.05, 0) is 25.5 Å². The topological polar surface area (TPSA) is 111 Å². The standard InChI is InChI=1S/C12H17N3O5S/c1-8-10(5-6-20-8)14-21(18,19)9-3-4-11(13-2)12(7-9)15(16)17/h3-4,7-8,10,13-14H,5-6H2,1-2H3. The maximum atomic E-state index is 12.3. The van der Waals surface area contributed by atoms with Gasteiger partial charge in [-0.3, -0.25) is 10.1 Å². The van der Waals surface area contributed by atoms with Crippen LogP contribution in [0, 0.1) is 10.1 Å². The molecule has 0 radical (unpaired) electrons. The van der Waals surface area contributed by atoms with Crippen LogP contribution in [0.25, 0.3) is 0 Å². The number of anilines is 1. The van der Waals surface area contributed by atoms with E-state index in [1.807, 2.05) is 0 Å². The molecule has 0 spiro atoms. The number of nitrogens with zero attached hydrogens (tertiary/aromatic N) is 1. The first-order valence-corrected chi connectivity index (χ1v) is 7.93. The van der Waals surface area contributed by atoms with E-state index in [2.05, 4.69) is 10.0 Å². The largest absolute Gasteiger partial charge is 0.383 e. The van der Waals surface area contributed by atoms with E-state index >= 15 is 0 Å². The number of nitro groups is 1. The molecule has 1 aliphatic rings. The minimum atomic E-state index is -3.82. The summed E-state index contributed by atoms with van der Waals surface area (Å²) >= 11 is 0. The molecule has 0 bridgehead atoms. The second-order valence-corrected chi connectivity index (χ2v) is 6.49. The lowest BCUT2D eigenvalue weighted by Crippen LogP contribution is -2.39. The minimum Gasteiger partial charge on any atom is -0.383 e. The minimum absolute atomic E-state index is 0.132. The molecule has 8 nitrogen and oxygen atoms in total. The Kier molecular flexibility index (Phi) is 4.45. The number of hydrogen-bond donors (Lipinski definition) is 2. The lowest BCUT2D eigenvalue weighted by molar-refractivity contribution is -0.384. The summed E-state index contributed by atoms with van der Waals surface area (Å²) in [6.45, 7) is 2.28. The van der Waals surface area contributed by atoms with Crippen LogP contribution in [0.4, 0.5) is 11.4 Å². The van der Waals surface area contributed by atoms with Gasteiger partial charge in [0.2, 0.25) is 10.0 Å². The van der Waals surface area contributed by atoms with Crippen LogP contribution in [0.5, 0.6) is 0 Å². The molecule has 9 heteroatoms. The monoisotopic (exact) mass is 315 g/mol. The zero-order valence-electron chi connectivity index (χ0n) is 11.7. The third-order valence-corrected chi connectivity index (χ3v) is 4.92. The van der Waals surface area contributed by atoms with E-state index in [1.165, 1.54) is 19.2 Å². The van der Waals surface area contributed by atoms with Gasteiger partial charge in [-0.2, -0.15) is 0 Å². The van der Waals surface area contributed by atoms with E-state index in [4.69, 9.17) is 4.74 Å². The Balaban J connectivity index is 2.31. The molecule has 0 saturated carbocycles. The summed E-state index contributed by atoms with van der Waals surface area (Å²) in [6.07, 6.45) is 0.364. The molecule has 0 amide bonds. The molecule has 2 N–H and O–H groups in total. The predicted molar refractivity (Wildman–Crippen MR) is 76.8 cm³/mol. The van der Waals surface area contributed by atoms with Crippen LogP contribution in [0.3, 0.4) is 0 Å². The van der Waals surface area contributed by atoms with Crippen molar-refractivity contribution in [1.82, 2.24) is 4.72 Å². The van der Waals surface area contributed by atoms with E-state index in [0.29, 0.717) is 13.0 Å². The van der Waals surface area contributed by atoms with Crippen molar-refractivity contribution >= 4 is 21.4 Å². The Hall–Kier alpha value is -1.71. The third kappa shape index (κ3) is 3.31. The van der Waals surface area contributed by atoms with Gasteiger partial charge in [0.15, 0.2) is 0 Å². The van der Waals surface area contributed by atoms with Gasteiger partial charge in [0.25, 0.3) is 5.69 Å². The second-order valence-electron chi connectivity index (χ2n) is 4.78. The lowest BCUT2D eigenvalue weighted by atomic mass is 10.2. The molecule has 2 unspecified atom stereocenters. The summed E-state index contributed by atoms with van der Waals surface area (Å²) in [7, 11) is -2.29. The quantitative estimate of drug-likeness (QED) is 0.621. The number of ether oxygens (including phenoxy) is 1. The molecule has 1 fully saturated rings. The highest BCUT2D eigenvalue weighted by atomic mass is 32.2. The smallest absolute Gasteiger partial charge is 0.293 e. The molecular weight excluding hydrogens is 298 g/mol. The van der Waals surface area contributed by atoms with Crippen molar-refractivity contribution in [2.75, 3.05) is 19.0 Å². The van der Waals surface area contributed by atoms with E-state index in [-0.39, 0.29) is 28.4 Å². The second kappa shape index (κ2) is 5.96. The molecule has 2 rings (SSSR count). The highest BCUT2D eigenvalue weighted by Crippen LogP contribution is 2.27. The first-order valence-electron chi connectivity index (χ1n) is 6.45. The van der Waals surface area contributed by atoms with Crippen molar-refractivity contribution in [2.24, 2.45) is 0 Å². The molecule has 1 saturated heterocycles. The Morgan fingerprint density at radius 2 is 2.14 bits per heavy atom. The van der Waals surface area contributed by atoms with Crippen LogP contribution in [-0.4, -0.2) is 39.1 Å². The zero-order valence-corrected chi connectivity index (χ0v) is 12.5. The van der Waals surface area contributed by atoms with Gasteiger partial charge >= 0.3 is 0 Å². The highest BCUT2D eigenvalue weighted by Gasteiger charge is 2.30. The van der Waals surface area contributed by atoms with Crippen LogP contribution in [0.2, 0.25) is 0 Å². The molecule has 116 valence electrons. The Morgan fingerprint density at radius 3 is 2.67 bits per heavy atom. The van der Waals surface area contributed by atoms with Gasteiger partial charge in [-0.1, -0.05) is 0 Å². The molecule has 1 heterocycles. The number of rotatable bonds is 5. The maximum Gasteiger partial charge on any atom is 0.293 e. The number of nitrogens with one attached hydrogen (secondary N) is 2. The highest BCUT2D eigenvalue weighted by molar-refractivity contribution is 7.89. The first kappa shape index (κ1) is 15.7. The van der Waals surface area contributed by atoms with E-state index in [0.717, 1.165) is 6.07 Å². The van der Waals surface area contributed by atoms with Gasteiger partial charge in [0.1, 0.15) is 5.69 Å². The number of benzene rings is 1. The summed E-state index contributed by atoms with van der Waals surface area (Å²) in [5, 5.41) is 13.6. The van der Waals surface area contributed by atoms with Crippen molar-refractivity contribution in [1.29, 1.82) is 0 Å². The Bertz CT molecular complexity index is 646. The van der Waals surface area contributed by atoms with Gasteiger partial charge in [-0.25, -0.2) is 13.1 Å². The van der Waals surface area contributed by atoms with Crippen molar-refractivity contribution < 1.29 is 18.1 Å². The van der Waals surface area contributed by atoms with E-state index in [1.54, 1.807) is 6.92 Å². The lowest BCUT2D eigenvalue weighted by Gasteiger charge is -2.16. The summed E-state index contributed by atoms with van der Waals surface area (Å²) in [5.41, 5.74) is -0.0207. The van der Waals surface area contributed by atoms with Crippen LogP contribution in [0.15, 0.2) is 23.1 Å². The zero-order chi connectivity index (χ0) is 15.6. The SMILES string of the molecule is CNc1ccc(S(=O)(=O)NC2CCOC2C)cc1[N+](=O)[O-]. The molecule has 1 aliphatic heterocycles. The summed E-state index contributed by atoms with van der Waals surface area (Å²) < 4.78 is 32.4.